The number of carbonyl (C=O) groups excluding carboxylic acids is 1. The van der Waals surface area contributed by atoms with Crippen LogP contribution < -0.4 is 5.73 Å². The molecule has 1 saturated heterocycles. The topological polar surface area (TPSA) is 55.6 Å². The van der Waals surface area contributed by atoms with Crippen molar-refractivity contribution >= 4 is 11.7 Å². The number of piperidine rings is 1. The minimum Gasteiger partial charge on any atom is -0.461 e. The van der Waals surface area contributed by atoms with E-state index in [1.54, 1.807) is 18.2 Å². The average Bonchev–Trinajstić information content (AvgIpc) is 2.54. The number of rotatable bonds is 4. The Kier molecular flexibility index (Phi) is 4.44. The van der Waals surface area contributed by atoms with Crippen LogP contribution in [0.25, 0.3) is 0 Å². The first kappa shape index (κ1) is 16.1. The van der Waals surface area contributed by atoms with Crippen molar-refractivity contribution in [2.45, 2.75) is 26.2 Å². The molecule has 3 rings (SSSR count). The Labute approximate surface area is 138 Å². The van der Waals surface area contributed by atoms with E-state index in [0.717, 1.165) is 26.1 Å². The van der Waals surface area contributed by atoms with Crippen molar-refractivity contribution in [3.05, 3.63) is 42.0 Å². The molecule has 0 amide bonds. The van der Waals surface area contributed by atoms with Crippen molar-refractivity contribution in [3.8, 4) is 0 Å². The molecule has 2 N–H and O–H groups in total. The third kappa shape index (κ3) is 3.00. The number of likely N-dealkylation sites (tertiary alicyclic amines) is 1. The van der Waals surface area contributed by atoms with Gasteiger partial charge < -0.3 is 15.4 Å². The van der Waals surface area contributed by atoms with Crippen LogP contribution >= 0.6 is 0 Å². The number of hydrogen-bond acceptors (Lipinski definition) is 4. The van der Waals surface area contributed by atoms with Crippen LogP contribution in [0.3, 0.4) is 0 Å². The van der Waals surface area contributed by atoms with E-state index in [2.05, 4.69) is 18.4 Å². The number of carbonyl (C=O) groups is 1. The van der Waals surface area contributed by atoms with Gasteiger partial charge in [-0.2, -0.15) is 0 Å². The third-order valence-corrected chi connectivity index (χ3v) is 5.49. The van der Waals surface area contributed by atoms with Gasteiger partial charge >= 0.3 is 5.97 Å². The fraction of sp³-hybridized carbons (Fsp3) is 0.526. The number of para-hydroxylation sites is 1. The van der Waals surface area contributed by atoms with Gasteiger partial charge in [-0.1, -0.05) is 37.6 Å². The Hall–Kier alpha value is -1.81. The molecule has 2 aliphatic rings. The van der Waals surface area contributed by atoms with Crippen LogP contribution in [0.1, 0.15) is 36.5 Å². The van der Waals surface area contributed by atoms with Crippen LogP contribution in [0, 0.1) is 11.3 Å². The molecule has 0 aromatic heterocycles. The molecule has 2 unspecified atom stereocenters. The Balaban J connectivity index is 1.74. The van der Waals surface area contributed by atoms with Gasteiger partial charge in [0.05, 0.1) is 5.56 Å². The highest BCUT2D eigenvalue weighted by Crippen LogP contribution is 2.47. The molecule has 2 bridgehead atoms. The van der Waals surface area contributed by atoms with Crippen molar-refractivity contribution in [2.75, 3.05) is 32.0 Å². The van der Waals surface area contributed by atoms with Crippen LogP contribution in [-0.4, -0.2) is 37.1 Å². The second-order valence-corrected chi connectivity index (χ2v) is 6.89. The molecule has 2 atom stereocenters. The molecule has 2 fully saturated rings. The van der Waals surface area contributed by atoms with E-state index in [0.29, 0.717) is 23.8 Å². The highest BCUT2D eigenvalue weighted by Gasteiger charge is 2.46. The number of fused-ring (bicyclic) bond motifs is 2. The van der Waals surface area contributed by atoms with Gasteiger partial charge in [0.1, 0.15) is 6.61 Å². The fourth-order valence-corrected chi connectivity index (χ4v) is 4.06. The number of hydrogen-bond donors (Lipinski definition) is 1. The van der Waals surface area contributed by atoms with Gasteiger partial charge in [-0.3, -0.25) is 0 Å². The van der Waals surface area contributed by atoms with Crippen molar-refractivity contribution in [1.29, 1.82) is 0 Å². The van der Waals surface area contributed by atoms with E-state index in [4.69, 9.17) is 10.5 Å². The number of anilines is 1. The van der Waals surface area contributed by atoms with Gasteiger partial charge in [0.15, 0.2) is 0 Å². The molecule has 1 aliphatic carbocycles. The van der Waals surface area contributed by atoms with Crippen molar-refractivity contribution in [3.63, 3.8) is 0 Å². The molecule has 1 heterocycles. The zero-order valence-corrected chi connectivity index (χ0v) is 13.9. The molecular formula is C19H26N2O2. The van der Waals surface area contributed by atoms with E-state index in [1.807, 2.05) is 6.07 Å². The number of nitrogens with two attached hydrogens (primary N) is 1. The smallest absolute Gasteiger partial charge is 0.340 e. The normalized spacial score (nSPS) is 27.7. The van der Waals surface area contributed by atoms with Crippen LogP contribution in [0.15, 0.2) is 36.4 Å². The van der Waals surface area contributed by atoms with E-state index < -0.39 is 0 Å². The van der Waals surface area contributed by atoms with E-state index in [9.17, 15) is 4.79 Å². The van der Waals surface area contributed by atoms with Gasteiger partial charge in [-0.25, -0.2) is 4.79 Å². The lowest BCUT2D eigenvalue weighted by molar-refractivity contribution is -0.000504. The predicted octanol–water partition coefficient (Wildman–Crippen LogP) is 3.10. The monoisotopic (exact) mass is 314 g/mol. The Morgan fingerprint density at radius 1 is 1.48 bits per heavy atom. The van der Waals surface area contributed by atoms with Gasteiger partial charge in [-0.15, -0.1) is 0 Å². The average molecular weight is 314 g/mol. The zero-order chi connectivity index (χ0) is 16.4. The van der Waals surface area contributed by atoms with Gasteiger partial charge in [0, 0.05) is 24.2 Å². The van der Waals surface area contributed by atoms with E-state index >= 15 is 0 Å². The van der Waals surface area contributed by atoms with Crippen molar-refractivity contribution < 1.29 is 9.53 Å². The van der Waals surface area contributed by atoms with E-state index in [-0.39, 0.29) is 11.4 Å². The molecule has 1 aliphatic heterocycles. The maximum Gasteiger partial charge on any atom is 0.340 e. The molecule has 1 aromatic carbocycles. The SMILES string of the molecule is C=C1C2CCCC1(COC(=O)c1ccccc1N)CN(CC)C2. The molecule has 4 nitrogen and oxygen atoms in total. The first-order valence-corrected chi connectivity index (χ1v) is 8.49. The molecule has 1 aromatic rings. The summed E-state index contributed by atoms with van der Waals surface area (Å²) < 4.78 is 5.68. The van der Waals surface area contributed by atoms with Gasteiger partial charge in [0.2, 0.25) is 0 Å². The number of nitrogen functional groups attached to an aromatic ring is 1. The summed E-state index contributed by atoms with van der Waals surface area (Å²) in [5.41, 5.74) is 7.98. The van der Waals surface area contributed by atoms with Crippen molar-refractivity contribution in [2.24, 2.45) is 11.3 Å². The van der Waals surface area contributed by atoms with Crippen molar-refractivity contribution in [1.82, 2.24) is 4.90 Å². The van der Waals surface area contributed by atoms with Crippen LogP contribution in [0.2, 0.25) is 0 Å². The summed E-state index contributed by atoms with van der Waals surface area (Å²) in [5.74, 6) is 0.207. The molecule has 0 spiro atoms. The minimum atomic E-state index is -0.332. The molecular weight excluding hydrogens is 288 g/mol. The van der Waals surface area contributed by atoms with Crippen LogP contribution in [-0.2, 0) is 4.74 Å². The second kappa shape index (κ2) is 6.36. The maximum atomic E-state index is 12.4. The zero-order valence-electron chi connectivity index (χ0n) is 13.9. The fourth-order valence-electron chi connectivity index (χ4n) is 4.06. The minimum absolute atomic E-state index is 0.0869. The third-order valence-electron chi connectivity index (χ3n) is 5.49. The van der Waals surface area contributed by atoms with Gasteiger partial charge in [-0.05, 0) is 37.4 Å². The highest BCUT2D eigenvalue weighted by atomic mass is 16.5. The lowest BCUT2D eigenvalue weighted by Gasteiger charge is -2.51. The first-order chi connectivity index (χ1) is 11.1. The van der Waals surface area contributed by atoms with Gasteiger partial charge in [0.25, 0.3) is 0 Å². The summed E-state index contributed by atoms with van der Waals surface area (Å²) in [5, 5.41) is 0. The number of esters is 1. The summed E-state index contributed by atoms with van der Waals surface area (Å²) >= 11 is 0. The summed E-state index contributed by atoms with van der Waals surface area (Å²) in [6, 6.07) is 7.07. The Morgan fingerprint density at radius 3 is 3.00 bits per heavy atom. The summed E-state index contributed by atoms with van der Waals surface area (Å²) in [4.78, 5) is 14.8. The van der Waals surface area contributed by atoms with Crippen LogP contribution in [0.4, 0.5) is 5.69 Å². The molecule has 0 radical (unpaired) electrons. The highest BCUT2D eigenvalue weighted by molar-refractivity contribution is 5.95. The second-order valence-electron chi connectivity index (χ2n) is 6.89. The molecule has 1 saturated carbocycles. The first-order valence-electron chi connectivity index (χ1n) is 8.49. The molecule has 124 valence electrons. The van der Waals surface area contributed by atoms with Crippen LogP contribution in [0.5, 0.6) is 0 Å². The molecule has 4 heteroatoms. The van der Waals surface area contributed by atoms with E-state index in [1.165, 1.54) is 18.4 Å². The molecule has 23 heavy (non-hydrogen) atoms. The lowest BCUT2D eigenvalue weighted by Crippen LogP contribution is -2.53. The number of benzene rings is 1. The number of nitrogens with zero attached hydrogens (tertiary/aromatic N) is 1. The Morgan fingerprint density at radius 2 is 2.26 bits per heavy atom. The predicted molar refractivity (Wildman–Crippen MR) is 92.2 cm³/mol. The maximum absolute atomic E-state index is 12.4. The Bertz CT molecular complexity index is 613. The number of ether oxygens (including phenoxy) is 1. The quantitative estimate of drug-likeness (QED) is 0.527. The summed E-state index contributed by atoms with van der Waals surface area (Å²) in [7, 11) is 0. The lowest BCUT2D eigenvalue weighted by atomic mass is 9.64. The summed E-state index contributed by atoms with van der Waals surface area (Å²) in [6.45, 7) is 10.0. The summed E-state index contributed by atoms with van der Waals surface area (Å²) in [6.07, 6.45) is 3.44. The standard InChI is InChI=1S/C19H26N2O2/c1-3-21-11-15-7-6-10-19(12-21,14(15)2)13-23-18(22)16-8-4-5-9-17(16)20/h4-5,8-9,15H,2-3,6-7,10-13,20H2,1H3. The largest absolute Gasteiger partial charge is 0.461 e.